The molecule has 0 unspecified atom stereocenters. The Morgan fingerprint density at radius 2 is 1.71 bits per heavy atom. The van der Waals surface area contributed by atoms with Gasteiger partial charge in [-0.05, 0) is 12.1 Å². The lowest BCUT2D eigenvalue weighted by Crippen LogP contribution is -1.91. The van der Waals surface area contributed by atoms with E-state index in [0.717, 1.165) is 16.8 Å². The monoisotopic (exact) mass is 187 g/mol. The van der Waals surface area contributed by atoms with E-state index >= 15 is 0 Å². The summed E-state index contributed by atoms with van der Waals surface area (Å²) in [5, 5.41) is 5.50. The molecular formula is C12H13NO. The molecule has 0 aliphatic heterocycles. The molecule has 0 amide bonds. The number of hydrogen-bond donors (Lipinski definition) is 1. The first kappa shape index (κ1) is 8.88. The third kappa shape index (κ3) is 1.29. The Labute approximate surface area is 83.5 Å². The Bertz CT molecular complexity index is 409. The van der Waals surface area contributed by atoms with Crippen molar-refractivity contribution in [3.05, 3.63) is 36.4 Å². The van der Waals surface area contributed by atoms with Crippen LogP contribution in [0.3, 0.4) is 0 Å². The predicted molar refractivity (Wildman–Crippen MR) is 60.0 cm³/mol. The van der Waals surface area contributed by atoms with Crippen LogP contribution >= 0.6 is 0 Å². The van der Waals surface area contributed by atoms with E-state index in [1.54, 1.807) is 7.11 Å². The van der Waals surface area contributed by atoms with Gasteiger partial charge in [-0.2, -0.15) is 0 Å². The van der Waals surface area contributed by atoms with E-state index in [4.69, 9.17) is 4.74 Å². The third-order valence-electron chi connectivity index (χ3n) is 2.37. The summed E-state index contributed by atoms with van der Waals surface area (Å²) in [4.78, 5) is 0. The van der Waals surface area contributed by atoms with Gasteiger partial charge in [0.05, 0.1) is 7.11 Å². The van der Waals surface area contributed by atoms with Crippen LogP contribution in [-0.2, 0) is 0 Å². The molecule has 2 heteroatoms. The topological polar surface area (TPSA) is 21.3 Å². The van der Waals surface area contributed by atoms with Crippen molar-refractivity contribution in [1.82, 2.24) is 0 Å². The number of anilines is 1. The fourth-order valence-corrected chi connectivity index (χ4v) is 1.67. The van der Waals surface area contributed by atoms with Crippen molar-refractivity contribution < 1.29 is 4.74 Å². The highest BCUT2D eigenvalue weighted by molar-refractivity contribution is 5.97. The fraction of sp³-hybridized carbons (Fsp3) is 0.167. The quantitative estimate of drug-likeness (QED) is 0.780. The van der Waals surface area contributed by atoms with Crippen LogP contribution in [0.5, 0.6) is 5.75 Å². The van der Waals surface area contributed by atoms with Gasteiger partial charge in [0, 0.05) is 23.5 Å². The van der Waals surface area contributed by atoms with Gasteiger partial charge in [0.25, 0.3) is 0 Å². The molecule has 0 bridgehead atoms. The highest BCUT2D eigenvalue weighted by atomic mass is 16.5. The van der Waals surface area contributed by atoms with Gasteiger partial charge in [0.1, 0.15) is 5.75 Å². The predicted octanol–water partition coefficient (Wildman–Crippen LogP) is 2.89. The van der Waals surface area contributed by atoms with Crippen LogP contribution in [0.1, 0.15) is 0 Å². The number of benzene rings is 2. The van der Waals surface area contributed by atoms with Crippen LogP contribution in [-0.4, -0.2) is 14.2 Å². The standard InChI is InChI=1S/C12H13NO/c1-13-11-7-8-12(14-2)10-6-4-3-5-9(10)11/h3-8,13H,1-2H3. The SMILES string of the molecule is CNc1ccc(OC)c2ccccc12. The van der Waals surface area contributed by atoms with E-state index in [1.807, 2.05) is 31.3 Å². The largest absolute Gasteiger partial charge is 0.496 e. The highest BCUT2D eigenvalue weighted by Gasteiger charge is 2.03. The minimum Gasteiger partial charge on any atom is -0.496 e. The molecule has 0 saturated carbocycles. The molecule has 0 heterocycles. The van der Waals surface area contributed by atoms with Gasteiger partial charge in [-0.15, -0.1) is 0 Å². The maximum absolute atomic E-state index is 5.30. The van der Waals surface area contributed by atoms with Crippen molar-refractivity contribution in [1.29, 1.82) is 0 Å². The number of fused-ring (bicyclic) bond motifs is 1. The second-order valence-electron chi connectivity index (χ2n) is 3.11. The molecule has 14 heavy (non-hydrogen) atoms. The summed E-state index contributed by atoms with van der Waals surface area (Å²) in [6, 6.07) is 12.2. The molecule has 0 aromatic heterocycles. The normalized spacial score (nSPS) is 10.1. The van der Waals surface area contributed by atoms with Gasteiger partial charge in [0.15, 0.2) is 0 Å². The molecule has 0 radical (unpaired) electrons. The molecule has 2 rings (SSSR count). The van der Waals surface area contributed by atoms with Gasteiger partial charge in [-0.1, -0.05) is 24.3 Å². The summed E-state index contributed by atoms with van der Waals surface area (Å²) in [7, 11) is 3.62. The van der Waals surface area contributed by atoms with Crippen LogP contribution in [0.4, 0.5) is 5.69 Å². The summed E-state index contributed by atoms with van der Waals surface area (Å²) in [6.07, 6.45) is 0. The van der Waals surface area contributed by atoms with Crippen molar-refractivity contribution >= 4 is 16.5 Å². The van der Waals surface area contributed by atoms with Gasteiger partial charge >= 0.3 is 0 Å². The average molecular weight is 187 g/mol. The van der Waals surface area contributed by atoms with Crippen molar-refractivity contribution in [2.24, 2.45) is 0 Å². The molecule has 2 aromatic rings. The molecule has 0 atom stereocenters. The lowest BCUT2D eigenvalue weighted by molar-refractivity contribution is 0.420. The second-order valence-corrected chi connectivity index (χ2v) is 3.11. The van der Waals surface area contributed by atoms with Crippen molar-refractivity contribution in [3.63, 3.8) is 0 Å². The molecule has 0 spiro atoms. The van der Waals surface area contributed by atoms with Crippen molar-refractivity contribution in [3.8, 4) is 5.75 Å². The van der Waals surface area contributed by atoms with Gasteiger partial charge in [-0.25, -0.2) is 0 Å². The number of nitrogens with one attached hydrogen (secondary N) is 1. The van der Waals surface area contributed by atoms with Crippen LogP contribution in [0.15, 0.2) is 36.4 Å². The lowest BCUT2D eigenvalue weighted by atomic mass is 10.1. The maximum atomic E-state index is 5.30. The summed E-state index contributed by atoms with van der Waals surface area (Å²) in [6.45, 7) is 0. The van der Waals surface area contributed by atoms with Gasteiger partial charge in [0.2, 0.25) is 0 Å². The number of methoxy groups -OCH3 is 1. The summed E-state index contributed by atoms with van der Waals surface area (Å²) < 4.78 is 5.30. The van der Waals surface area contributed by atoms with Crippen LogP contribution in [0, 0.1) is 0 Å². The van der Waals surface area contributed by atoms with E-state index in [-0.39, 0.29) is 0 Å². The summed E-state index contributed by atoms with van der Waals surface area (Å²) in [5.74, 6) is 0.916. The molecule has 72 valence electrons. The Balaban J connectivity index is 2.78. The third-order valence-corrected chi connectivity index (χ3v) is 2.37. The smallest absolute Gasteiger partial charge is 0.126 e. The average Bonchev–Trinajstić information content (AvgIpc) is 2.27. The first-order valence-corrected chi connectivity index (χ1v) is 4.60. The minimum absolute atomic E-state index is 0.916. The molecule has 0 fully saturated rings. The van der Waals surface area contributed by atoms with Crippen molar-refractivity contribution in [2.75, 3.05) is 19.5 Å². The number of hydrogen-bond acceptors (Lipinski definition) is 2. The first-order chi connectivity index (χ1) is 6.86. The number of ether oxygens (including phenoxy) is 1. The highest BCUT2D eigenvalue weighted by Crippen LogP contribution is 2.30. The van der Waals surface area contributed by atoms with Crippen LogP contribution in [0.25, 0.3) is 10.8 Å². The van der Waals surface area contributed by atoms with E-state index in [2.05, 4.69) is 17.4 Å². The van der Waals surface area contributed by atoms with Crippen molar-refractivity contribution in [2.45, 2.75) is 0 Å². The van der Waals surface area contributed by atoms with E-state index in [1.165, 1.54) is 5.39 Å². The van der Waals surface area contributed by atoms with Gasteiger partial charge in [-0.3, -0.25) is 0 Å². The maximum Gasteiger partial charge on any atom is 0.126 e. The van der Waals surface area contributed by atoms with Crippen LogP contribution < -0.4 is 10.1 Å². The van der Waals surface area contributed by atoms with Gasteiger partial charge < -0.3 is 10.1 Å². The molecule has 0 saturated heterocycles. The molecular weight excluding hydrogens is 174 g/mol. The van der Waals surface area contributed by atoms with E-state index < -0.39 is 0 Å². The zero-order valence-corrected chi connectivity index (χ0v) is 8.37. The molecule has 2 aromatic carbocycles. The number of rotatable bonds is 2. The Hall–Kier alpha value is -1.70. The Morgan fingerprint density at radius 3 is 2.36 bits per heavy atom. The summed E-state index contributed by atoms with van der Waals surface area (Å²) in [5.41, 5.74) is 1.13. The Morgan fingerprint density at radius 1 is 1.00 bits per heavy atom. The molecule has 1 N–H and O–H groups in total. The van der Waals surface area contributed by atoms with E-state index in [0.29, 0.717) is 0 Å². The second kappa shape index (κ2) is 3.58. The zero-order valence-electron chi connectivity index (χ0n) is 8.37. The Kier molecular flexibility index (Phi) is 2.27. The van der Waals surface area contributed by atoms with Crippen LogP contribution in [0.2, 0.25) is 0 Å². The minimum atomic E-state index is 0.916. The zero-order chi connectivity index (χ0) is 9.97. The molecule has 2 nitrogen and oxygen atoms in total. The summed E-state index contributed by atoms with van der Waals surface area (Å²) >= 11 is 0. The fourth-order valence-electron chi connectivity index (χ4n) is 1.67. The van der Waals surface area contributed by atoms with E-state index in [9.17, 15) is 0 Å². The molecule has 0 aliphatic rings. The molecule has 0 aliphatic carbocycles. The lowest BCUT2D eigenvalue weighted by Gasteiger charge is -2.09. The first-order valence-electron chi connectivity index (χ1n) is 4.60.